The van der Waals surface area contributed by atoms with Crippen LogP contribution in [0.25, 0.3) is 4.13 Å². The summed E-state index contributed by atoms with van der Waals surface area (Å²) in [6, 6.07) is 0. The lowest BCUT2D eigenvalue weighted by Gasteiger charge is -2.22. The second kappa shape index (κ2) is 11.9. The van der Waals surface area contributed by atoms with E-state index in [9.17, 15) is 43.2 Å². The van der Waals surface area contributed by atoms with E-state index in [1.165, 1.54) is 32.1 Å². The van der Waals surface area contributed by atoms with E-state index in [2.05, 4.69) is 27.9 Å². The lowest BCUT2D eigenvalue weighted by atomic mass is 10.1. The summed E-state index contributed by atoms with van der Waals surface area (Å²) < 4.78 is 113. The van der Waals surface area contributed by atoms with Gasteiger partial charge in [-0.25, -0.2) is 26.0 Å². The number of unbranched alkanes of at least 4 members (excludes halogenated alkanes) is 5. The molecule has 0 radical (unpaired) electrons. The molecule has 1 N–H and O–H groups in total. The summed E-state index contributed by atoms with van der Waals surface area (Å²) in [5.74, 6) is 0. The first-order chi connectivity index (χ1) is 13.5. The Labute approximate surface area is 170 Å². The van der Waals surface area contributed by atoms with E-state index in [4.69, 9.17) is 5.11 Å². The summed E-state index contributed by atoms with van der Waals surface area (Å²) in [4.78, 5) is 0. The molecule has 0 fully saturated rings. The third-order valence-electron chi connectivity index (χ3n) is 3.43. The van der Waals surface area contributed by atoms with Crippen molar-refractivity contribution in [3.05, 3.63) is 22.8 Å². The van der Waals surface area contributed by atoms with E-state index >= 15 is 0 Å². The molecule has 0 aliphatic heterocycles. The molecule has 1 rings (SSSR count). The van der Waals surface area contributed by atoms with Crippen LogP contribution in [-0.2, 0) is 33.6 Å². The van der Waals surface area contributed by atoms with E-state index in [0.717, 1.165) is 17.1 Å². The maximum absolute atomic E-state index is 11.4. The molecular formula is C14H23F6N3O5S2. The smallest absolute Gasteiger partial charge is 0.421 e. The molecule has 0 aliphatic carbocycles. The summed E-state index contributed by atoms with van der Waals surface area (Å²) in [7, 11) is -11.4. The molecule has 0 saturated carbocycles. The predicted octanol–water partition coefficient (Wildman–Crippen LogP) is 2.70. The normalized spacial score (nSPS) is 13.1. The number of hydrogen-bond donors (Lipinski definition) is 1. The Morgan fingerprint density at radius 2 is 1.30 bits per heavy atom. The minimum Gasteiger partial charge on any atom is -0.421 e. The van der Waals surface area contributed by atoms with Crippen LogP contribution in [0.5, 0.6) is 0 Å². The largest absolute Gasteiger partial charge is 0.480 e. The highest BCUT2D eigenvalue weighted by Crippen LogP contribution is 2.36. The van der Waals surface area contributed by atoms with Crippen LogP contribution in [0.15, 0.2) is 18.7 Å². The van der Waals surface area contributed by atoms with Gasteiger partial charge in [-0.2, -0.15) is 26.3 Å². The topological polar surface area (TPSA) is 111 Å². The number of nitrogens with zero attached hydrogens (tertiary/aromatic N) is 3. The molecule has 0 bridgehead atoms. The average Bonchev–Trinajstić information content (AvgIpc) is 2.97. The van der Waals surface area contributed by atoms with Crippen LogP contribution in [0, 0.1) is 0 Å². The molecule has 1 aromatic rings. The zero-order valence-corrected chi connectivity index (χ0v) is 17.5. The zero-order valence-electron chi connectivity index (χ0n) is 15.9. The van der Waals surface area contributed by atoms with E-state index in [-0.39, 0.29) is 0 Å². The fourth-order valence-electron chi connectivity index (χ4n) is 1.96. The highest BCUT2D eigenvalue weighted by Gasteiger charge is 2.46. The molecule has 0 aliphatic rings. The number of aliphatic hydroxyl groups excluding tert-OH is 1. The number of hydrogen-bond acceptors (Lipinski definition) is 5. The molecule has 0 atom stereocenters. The van der Waals surface area contributed by atoms with E-state index in [1.807, 2.05) is 7.05 Å². The van der Waals surface area contributed by atoms with Gasteiger partial charge in [-0.05, 0) is 19.3 Å². The summed E-state index contributed by atoms with van der Waals surface area (Å²) in [5, 5.41) is 8.61. The molecule has 0 aromatic carbocycles. The van der Waals surface area contributed by atoms with Gasteiger partial charge in [0.15, 0.2) is 20.0 Å². The van der Waals surface area contributed by atoms with Crippen LogP contribution in [-0.4, -0.2) is 44.1 Å². The fraction of sp³-hybridized carbons (Fsp3) is 0.786. The van der Waals surface area contributed by atoms with Crippen molar-refractivity contribution < 1.29 is 52.9 Å². The minimum atomic E-state index is -6.72. The lowest BCUT2D eigenvalue weighted by molar-refractivity contribution is -0.671. The van der Waals surface area contributed by atoms with Crippen molar-refractivity contribution in [2.75, 3.05) is 6.61 Å². The second-order valence-electron chi connectivity index (χ2n) is 6.08. The molecule has 0 saturated heterocycles. The van der Waals surface area contributed by atoms with Gasteiger partial charge >= 0.3 is 11.0 Å². The third kappa shape index (κ3) is 10.6. The van der Waals surface area contributed by atoms with Crippen LogP contribution in [0.3, 0.4) is 0 Å². The summed E-state index contributed by atoms with van der Waals surface area (Å²) in [6.07, 6.45) is 13.6. The Morgan fingerprint density at radius 1 is 0.867 bits per heavy atom. The van der Waals surface area contributed by atoms with Gasteiger partial charge < -0.3 is 9.23 Å². The molecule has 1 aromatic heterocycles. The Hall–Kier alpha value is -1.39. The molecular weight excluding hydrogens is 468 g/mol. The first-order valence-electron chi connectivity index (χ1n) is 8.52. The Kier molecular flexibility index (Phi) is 11.3. The van der Waals surface area contributed by atoms with Crippen LogP contribution in [0.2, 0.25) is 0 Å². The summed E-state index contributed by atoms with van der Waals surface area (Å²) in [6.45, 7) is 1.47. The Bertz CT molecular complexity index is 793. The number of aromatic nitrogens is 2. The van der Waals surface area contributed by atoms with E-state index < -0.39 is 31.1 Å². The van der Waals surface area contributed by atoms with Crippen molar-refractivity contribution in [2.24, 2.45) is 7.05 Å². The van der Waals surface area contributed by atoms with Gasteiger partial charge in [-0.15, -0.1) is 0 Å². The van der Waals surface area contributed by atoms with Crippen molar-refractivity contribution in [1.29, 1.82) is 0 Å². The molecule has 0 unspecified atom stereocenters. The van der Waals surface area contributed by atoms with Gasteiger partial charge in [0.05, 0.1) is 13.6 Å². The molecule has 16 heteroatoms. The van der Waals surface area contributed by atoms with Crippen molar-refractivity contribution in [2.45, 2.75) is 56.1 Å². The quantitative estimate of drug-likeness (QED) is 0.307. The highest BCUT2D eigenvalue weighted by atomic mass is 32.3. The predicted molar refractivity (Wildman–Crippen MR) is 93.7 cm³/mol. The minimum absolute atomic E-state index is 0.347. The SMILES string of the molecule is C[n+]1ccn(CCCCCCCCO)c1.O=S(=O)([N-]S(=O)(=O)C(F)(F)F)C(F)(F)F. The number of alkyl halides is 6. The summed E-state index contributed by atoms with van der Waals surface area (Å²) in [5.41, 5.74) is -12.4. The first-order valence-corrected chi connectivity index (χ1v) is 11.4. The standard InChI is InChI=1S/C12H23N2O.C2F6NO4S2/c1-13-9-10-14(12-13)8-6-4-2-3-5-7-11-15;3-1(4,5)14(10,11)9-15(12,13)2(6,7)8/h9-10,12,15H,2-8,11H2,1H3;/q+1;-1. The molecule has 178 valence electrons. The fourth-order valence-corrected chi connectivity index (χ4v) is 3.67. The number of halogens is 6. The number of rotatable bonds is 10. The van der Waals surface area contributed by atoms with Gasteiger partial charge in [0.1, 0.15) is 12.4 Å². The van der Waals surface area contributed by atoms with Gasteiger partial charge in [0.25, 0.3) is 0 Å². The van der Waals surface area contributed by atoms with Crippen LogP contribution in [0.1, 0.15) is 38.5 Å². The van der Waals surface area contributed by atoms with Crippen LogP contribution >= 0.6 is 0 Å². The van der Waals surface area contributed by atoms with Crippen molar-refractivity contribution in [1.82, 2.24) is 4.57 Å². The molecule has 8 nitrogen and oxygen atoms in total. The molecule has 0 spiro atoms. The van der Waals surface area contributed by atoms with Crippen molar-refractivity contribution in [3.8, 4) is 0 Å². The van der Waals surface area contributed by atoms with Crippen LogP contribution < -0.4 is 4.57 Å². The molecule has 0 amide bonds. The maximum atomic E-state index is 11.4. The number of aryl methyl sites for hydroxylation is 2. The molecule has 1 heterocycles. The highest BCUT2D eigenvalue weighted by molar-refractivity contribution is 8.13. The van der Waals surface area contributed by atoms with Crippen molar-refractivity contribution in [3.63, 3.8) is 0 Å². The van der Waals surface area contributed by atoms with Gasteiger partial charge in [0, 0.05) is 6.61 Å². The second-order valence-corrected chi connectivity index (χ2v) is 9.50. The van der Waals surface area contributed by atoms with Gasteiger partial charge in [-0.1, -0.05) is 19.3 Å². The number of aliphatic hydroxyl groups is 1. The lowest BCUT2D eigenvalue weighted by Crippen LogP contribution is -2.30. The number of imidazole rings is 1. The maximum Gasteiger partial charge on any atom is 0.480 e. The average molecular weight is 491 g/mol. The Balaban J connectivity index is 0.000000561. The monoisotopic (exact) mass is 491 g/mol. The first kappa shape index (κ1) is 28.6. The van der Waals surface area contributed by atoms with Gasteiger partial charge in [-0.3, -0.25) is 0 Å². The van der Waals surface area contributed by atoms with Crippen LogP contribution in [0.4, 0.5) is 26.3 Å². The van der Waals surface area contributed by atoms with E-state index in [1.54, 1.807) is 0 Å². The third-order valence-corrected chi connectivity index (χ3v) is 6.17. The van der Waals surface area contributed by atoms with Gasteiger partial charge in [0.2, 0.25) is 6.33 Å². The zero-order chi connectivity index (χ0) is 23.6. The molecule has 30 heavy (non-hydrogen) atoms. The Morgan fingerprint density at radius 3 is 1.67 bits per heavy atom. The van der Waals surface area contributed by atoms with E-state index in [0.29, 0.717) is 6.61 Å². The summed E-state index contributed by atoms with van der Waals surface area (Å²) >= 11 is 0. The van der Waals surface area contributed by atoms with Crippen molar-refractivity contribution >= 4 is 20.0 Å². The number of sulfonamides is 2.